The van der Waals surface area contributed by atoms with Gasteiger partial charge in [-0.25, -0.2) is 0 Å². The molecule has 0 rings (SSSR count). The summed E-state index contributed by atoms with van der Waals surface area (Å²) in [5.74, 6) is -0.0171. The third kappa shape index (κ3) is 61.9. The molecule has 0 saturated carbocycles. The van der Waals surface area contributed by atoms with Crippen LogP contribution in [0.25, 0.3) is 0 Å². The molecule has 75 heavy (non-hydrogen) atoms. The Morgan fingerprint density at radius 2 is 0.547 bits per heavy atom. The zero-order valence-corrected chi connectivity index (χ0v) is 51.3. The highest BCUT2D eigenvalue weighted by molar-refractivity contribution is 5.76. The third-order valence-electron chi connectivity index (χ3n) is 16.7. The smallest absolute Gasteiger partial charge is 0.305 e. The van der Waals surface area contributed by atoms with Crippen molar-refractivity contribution in [2.24, 2.45) is 0 Å². The number of nitrogens with one attached hydrogen (secondary N) is 1. The molecule has 0 aromatic carbocycles. The maximum absolute atomic E-state index is 12.6. The van der Waals surface area contributed by atoms with Gasteiger partial charge in [0.15, 0.2) is 0 Å². The lowest BCUT2D eigenvalue weighted by molar-refractivity contribution is -0.143. The van der Waals surface area contributed by atoms with Crippen molar-refractivity contribution in [2.45, 2.75) is 418 Å². The van der Waals surface area contributed by atoms with E-state index < -0.39 is 12.1 Å². The van der Waals surface area contributed by atoms with Crippen LogP contribution in [0.1, 0.15) is 406 Å². The van der Waals surface area contributed by atoms with E-state index in [1.165, 1.54) is 334 Å². The van der Waals surface area contributed by atoms with E-state index >= 15 is 0 Å². The Labute approximate surface area is 470 Å². The number of ether oxygens (including phenoxy) is 1. The first kappa shape index (κ1) is 73.9. The molecule has 1 amide bonds. The number of amides is 1. The first-order valence-electron chi connectivity index (χ1n) is 34.8. The number of hydrogen-bond acceptors (Lipinski definition) is 5. The molecule has 0 aromatic heterocycles. The summed E-state index contributed by atoms with van der Waals surface area (Å²) >= 11 is 0. The lowest BCUT2D eigenvalue weighted by atomic mass is 10.0. The molecule has 0 aliphatic heterocycles. The Morgan fingerprint density at radius 3 is 0.813 bits per heavy atom. The van der Waals surface area contributed by atoms with Crippen molar-refractivity contribution in [3.63, 3.8) is 0 Å². The number of hydrogen-bond donors (Lipinski definition) is 3. The predicted molar refractivity (Wildman–Crippen MR) is 329 cm³/mol. The number of carbonyl (C=O) groups is 2. The van der Waals surface area contributed by atoms with Gasteiger partial charge in [0.2, 0.25) is 5.91 Å². The second-order valence-corrected chi connectivity index (χ2v) is 24.2. The lowest BCUT2D eigenvalue weighted by Crippen LogP contribution is -2.45. The molecule has 3 N–H and O–H groups in total. The van der Waals surface area contributed by atoms with E-state index in [0.717, 1.165) is 38.5 Å². The van der Waals surface area contributed by atoms with Crippen LogP contribution in [0, 0.1) is 0 Å². The van der Waals surface area contributed by atoms with Crippen LogP contribution in [0.3, 0.4) is 0 Å². The fourth-order valence-electron chi connectivity index (χ4n) is 11.4. The molecule has 0 spiro atoms. The van der Waals surface area contributed by atoms with Crippen LogP contribution in [0.15, 0.2) is 0 Å². The summed E-state index contributed by atoms with van der Waals surface area (Å²) in [5, 5.41) is 23.4. The summed E-state index contributed by atoms with van der Waals surface area (Å²) in [6, 6.07) is -0.543. The fraction of sp³-hybridized carbons (Fsp3) is 0.971. The minimum absolute atomic E-state index is 0.0138. The van der Waals surface area contributed by atoms with Gasteiger partial charge >= 0.3 is 5.97 Å². The topological polar surface area (TPSA) is 95.9 Å². The van der Waals surface area contributed by atoms with Crippen LogP contribution in [-0.4, -0.2) is 47.4 Å². The number of unbranched alkanes of at least 4 members (excludes halogenated alkanes) is 55. The molecule has 0 aromatic rings. The minimum Gasteiger partial charge on any atom is -0.466 e. The maximum Gasteiger partial charge on any atom is 0.305 e. The lowest BCUT2D eigenvalue weighted by Gasteiger charge is -2.22. The Hall–Kier alpha value is -1.14. The number of aliphatic hydroxyl groups excluding tert-OH is 2. The Morgan fingerprint density at radius 1 is 0.320 bits per heavy atom. The molecular formula is C69H137NO5. The van der Waals surface area contributed by atoms with Crippen LogP contribution < -0.4 is 5.32 Å². The molecule has 2 atom stereocenters. The molecule has 0 aliphatic rings. The average molecular weight is 1060 g/mol. The molecule has 0 fully saturated rings. The van der Waals surface area contributed by atoms with Gasteiger partial charge in [-0.05, 0) is 25.7 Å². The molecular weight excluding hydrogens is 923 g/mol. The molecule has 448 valence electrons. The van der Waals surface area contributed by atoms with Crippen molar-refractivity contribution in [3.05, 3.63) is 0 Å². The molecule has 0 aliphatic carbocycles. The molecule has 2 unspecified atom stereocenters. The number of esters is 1. The second-order valence-electron chi connectivity index (χ2n) is 24.2. The summed E-state index contributed by atoms with van der Waals surface area (Å²) in [5.41, 5.74) is 0. The highest BCUT2D eigenvalue weighted by Gasteiger charge is 2.20. The van der Waals surface area contributed by atoms with Gasteiger partial charge in [-0.1, -0.05) is 367 Å². The maximum atomic E-state index is 12.6. The SMILES string of the molecule is CCCCCCCCCCCCCCCCCCCCCCCCCCCC(O)C(CO)NC(=O)CCCCCCCCCCCCCCCCCCCCCCOC(=O)CCCCCCCCCCCCCCC. The van der Waals surface area contributed by atoms with E-state index in [-0.39, 0.29) is 18.5 Å². The molecule has 0 saturated heterocycles. The van der Waals surface area contributed by atoms with Gasteiger partial charge in [-0.3, -0.25) is 9.59 Å². The van der Waals surface area contributed by atoms with Gasteiger partial charge in [0.05, 0.1) is 25.4 Å². The fourth-order valence-corrected chi connectivity index (χ4v) is 11.4. The van der Waals surface area contributed by atoms with Crippen molar-refractivity contribution in [2.75, 3.05) is 13.2 Å². The van der Waals surface area contributed by atoms with Crippen molar-refractivity contribution < 1.29 is 24.5 Å². The first-order valence-corrected chi connectivity index (χ1v) is 34.8. The predicted octanol–water partition coefficient (Wildman–Crippen LogP) is 22.2. The Kier molecular flexibility index (Phi) is 64.4. The van der Waals surface area contributed by atoms with Gasteiger partial charge in [-0.15, -0.1) is 0 Å². The van der Waals surface area contributed by atoms with Crippen LogP contribution >= 0.6 is 0 Å². The molecule has 0 bridgehead atoms. The monoisotopic (exact) mass is 1060 g/mol. The van der Waals surface area contributed by atoms with Crippen LogP contribution in [-0.2, 0) is 14.3 Å². The largest absolute Gasteiger partial charge is 0.466 e. The van der Waals surface area contributed by atoms with Gasteiger partial charge in [-0.2, -0.15) is 0 Å². The third-order valence-corrected chi connectivity index (χ3v) is 16.7. The van der Waals surface area contributed by atoms with E-state index in [2.05, 4.69) is 19.2 Å². The zero-order valence-electron chi connectivity index (χ0n) is 51.3. The zero-order chi connectivity index (χ0) is 54.3. The summed E-state index contributed by atoms with van der Waals surface area (Å²) in [6.07, 6.45) is 78.5. The molecule has 0 heterocycles. The van der Waals surface area contributed by atoms with Crippen molar-refractivity contribution in [1.82, 2.24) is 5.32 Å². The highest BCUT2D eigenvalue weighted by atomic mass is 16.5. The van der Waals surface area contributed by atoms with E-state index in [0.29, 0.717) is 25.9 Å². The van der Waals surface area contributed by atoms with E-state index in [9.17, 15) is 19.8 Å². The molecule has 6 heteroatoms. The second kappa shape index (κ2) is 65.4. The van der Waals surface area contributed by atoms with Crippen molar-refractivity contribution >= 4 is 11.9 Å². The quantitative estimate of drug-likeness (QED) is 0.0417. The van der Waals surface area contributed by atoms with Crippen LogP contribution in [0.5, 0.6) is 0 Å². The minimum atomic E-state index is -0.666. The van der Waals surface area contributed by atoms with Gasteiger partial charge in [0.25, 0.3) is 0 Å². The Bertz CT molecular complexity index is 1080. The number of carbonyl (C=O) groups excluding carboxylic acids is 2. The summed E-state index contributed by atoms with van der Waals surface area (Å²) in [6.45, 7) is 5.00. The van der Waals surface area contributed by atoms with E-state index in [1.807, 2.05) is 0 Å². The van der Waals surface area contributed by atoms with Crippen LogP contribution in [0.4, 0.5) is 0 Å². The van der Waals surface area contributed by atoms with Gasteiger partial charge < -0.3 is 20.3 Å². The molecule has 6 nitrogen and oxygen atoms in total. The van der Waals surface area contributed by atoms with Crippen LogP contribution in [0.2, 0.25) is 0 Å². The Balaban J connectivity index is 3.38. The summed E-state index contributed by atoms with van der Waals surface area (Å²) in [7, 11) is 0. The normalized spacial score (nSPS) is 12.4. The molecule has 0 radical (unpaired) electrons. The summed E-state index contributed by atoms with van der Waals surface area (Å²) < 4.78 is 5.49. The van der Waals surface area contributed by atoms with Gasteiger partial charge in [0, 0.05) is 12.8 Å². The number of rotatable bonds is 66. The summed E-state index contributed by atoms with van der Waals surface area (Å²) in [4.78, 5) is 24.6. The highest BCUT2D eigenvalue weighted by Crippen LogP contribution is 2.19. The van der Waals surface area contributed by atoms with E-state index in [4.69, 9.17) is 4.74 Å². The standard InChI is InChI=1S/C69H137NO5/c1-3-5-7-9-11-13-15-17-18-19-20-21-22-23-24-25-28-31-34-38-41-45-49-53-57-61-67(72)66(65-71)70-68(73)62-58-54-50-46-42-39-35-32-29-26-27-30-33-36-40-44-48-52-56-60-64-75-69(74)63-59-55-51-47-43-37-16-14-12-10-8-6-4-2/h66-67,71-72H,3-65H2,1-2H3,(H,70,73). The first-order chi connectivity index (χ1) is 37.0. The van der Waals surface area contributed by atoms with Gasteiger partial charge in [0.1, 0.15) is 0 Å². The number of aliphatic hydroxyl groups is 2. The van der Waals surface area contributed by atoms with E-state index in [1.54, 1.807) is 0 Å². The average Bonchev–Trinajstić information content (AvgIpc) is 3.41. The van der Waals surface area contributed by atoms with Crippen molar-refractivity contribution in [1.29, 1.82) is 0 Å². The van der Waals surface area contributed by atoms with Crippen molar-refractivity contribution in [3.8, 4) is 0 Å².